The van der Waals surface area contributed by atoms with Gasteiger partial charge in [-0.2, -0.15) is 0 Å². The highest BCUT2D eigenvalue weighted by molar-refractivity contribution is 5.75. The van der Waals surface area contributed by atoms with E-state index in [9.17, 15) is 9.90 Å². The van der Waals surface area contributed by atoms with E-state index in [1.807, 2.05) is 7.05 Å². The van der Waals surface area contributed by atoms with Gasteiger partial charge in [-0.1, -0.05) is 0 Å². The van der Waals surface area contributed by atoms with Gasteiger partial charge in [0.1, 0.15) is 0 Å². The van der Waals surface area contributed by atoms with Gasteiger partial charge in [-0.05, 0) is 33.2 Å². The van der Waals surface area contributed by atoms with Crippen LogP contribution in [0.3, 0.4) is 0 Å². The summed E-state index contributed by atoms with van der Waals surface area (Å²) < 4.78 is 10.9. The Kier molecular flexibility index (Phi) is 4.25. The second kappa shape index (κ2) is 5.55. The molecule has 0 radical (unpaired) electrons. The molecule has 2 unspecified atom stereocenters. The van der Waals surface area contributed by atoms with Crippen LogP contribution in [0.2, 0.25) is 0 Å². The van der Waals surface area contributed by atoms with Crippen LogP contribution in [0.4, 0.5) is 0 Å². The van der Waals surface area contributed by atoms with E-state index in [0.29, 0.717) is 38.6 Å². The zero-order chi connectivity index (χ0) is 13.2. The Balaban J connectivity index is 2.02. The molecule has 104 valence electrons. The Morgan fingerprint density at radius 1 is 1.39 bits per heavy atom. The van der Waals surface area contributed by atoms with Crippen LogP contribution in [0.15, 0.2) is 0 Å². The maximum Gasteiger partial charge on any atom is 0.311 e. The first kappa shape index (κ1) is 13.8. The highest BCUT2D eigenvalue weighted by Gasteiger charge is 2.43. The quantitative estimate of drug-likeness (QED) is 0.813. The van der Waals surface area contributed by atoms with Gasteiger partial charge in [-0.3, -0.25) is 9.69 Å². The molecule has 5 nitrogen and oxygen atoms in total. The SMILES string of the molecule is CC1OCCC1N(C)CC1(C(=O)O)CCOCC1. The molecule has 0 spiro atoms. The lowest BCUT2D eigenvalue weighted by atomic mass is 9.79. The number of nitrogens with zero attached hydrogens (tertiary/aromatic N) is 1. The molecule has 0 aromatic heterocycles. The Labute approximate surface area is 108 Å². The van der Waals surface area contributed by atoms with Crippen molar-refractivity contribution in [2.45, 2.75) is 38.3 Å². The largest absolute Gasteiger partial charge is 0.481 e. The molecule has 2 aliphatic rings. The zero-order valence-corrected chi connectivity index (χ0v) is 11.2. The van der Waals surface area contributed by atoms with Gasteiger partial charge in [-0.25, -0.2) is 0 Å². The molecule has 0 aliphatic carbocycles. The number of aliphatic carboxylic acids is 1. The van der Waals surface area contributed by atoms with E-state index in [0.717, 1.165) is 13.0 Å². The van der Waals surface area contributed by atoms with Crippen molar-refractivity contribution in [3.05, 3.63) is 0 Å². The number of likely N-dealkylation sites (N-methyl/N-ethyl adjacent to an activating group) is 1. The summed E-state index contributed by atoms with van der Waals surface area (Å²) in [5.41, 5.74) is -0.644. The Morgan fingerprint density at radius 3 is 2.56 bits per heavy atom. The predicted octanol–water partition coefficient (Wildman–Crippen LogP) is 0.977. The number of ether oxygens (including phenoxy) is 2. The number of rotatable bonds is 4. The van der Waals surface area contributed by atoms with Crippen molar-refractivity contribution in [1.29, 1.82) is 0 Å². The molecule has 1 N–H and O–H groups in total. The van der Waals surface area contributed by atoms with Crippen LogP contribution in [0.25, 0.3) is 0 Å². The first-order valence-corrected chi connectivity index (χ1v) is 6.68. The molecular weight excluding hydrogens is 234 g/mol. The van der Waals surface area contributed by atoms with E-state index in [1.165, 1.54) is 0 Å². The first-order chi connectivity index (χ1) is 8.55. The number of hydrogen-bond donors (Lipinski definition) is 1. The fraction of sp³-hybridized carbons (Fsp3) is 0.923. The first-order valence-electron chi connectivity index (χ1n) is 6.68. The van der Waals surface area contributed by atoms with Crippen LogP contribution in [0.5, 0.6) is 0 Å². The molecule has 2 fully saturated rings. The monoisotopic (exact) mass is 257 g/mol. The van der Waals surface area contributed by atoms with Crippen LogP contribution in [0.1, 0.15) is 26.2 Å². The molecule has 2 rings (SSSR count). The van der Waals surface area contributed by atoms with E-state index in [-0.39, 0.29) is 6.10 Å². The zero-order valence-electron chi connectivity index (χ0n) is 11.2. The molecule has 0 amide bonds. The Hall–Kier alpha value is -0.650. The summed E-state index contributed by atoms with van der Waals surface area (Å²) in [6.45, 7) is 4.53. The van der Waals surface area contributed by atoms with Crippen molar-refractivity contribution in [2.24, 2.45) is 5.41 Å². The minimum absolute atomic E-state index is 0.195. The van der Waals surface area contributed by atoms with Crippen molar-refractivity contribution in [3.8, 4) is 0 Å². The molecule has 0 bridgehead atoms. The predicted molar refractivity (Wildman–Crippen MR) is 66.6 cm³/mol. The minimum atomic E-state index is -0.691. The van der Waals surface area contributed by atoms with E-state index in [2.05, 4.69) is 11.8 Å². The number of carboxylic acid groups (broad SMARTS) is 1. The summed E-state index contributed by atoms with van der Waals surface area (Å²) >= 11 is 0. The summed E-state index contributed by atoms with van der Waals surface area (Å²) in [4.78, 5) is 13.8. The topological polar surface area (TPSA) is 59.0 Å². The van der Waals surface area contributed by atoms with Gasteiger partial charge in [0.2, 0.25) is 0 Å². The highest BCUT2D eigenvalue weighted by atomic mass is 16.5. The summed E-state index contributed by atoms with van der Waals surface area (Å²) in [7, 11) is 2.01. The van der Waals surface area contributed by atoms with Crippen LogP contribution in [-0.2, 0) is 14.3 Å². The van der Waals surface area contributed by atoms with Gasteiger partial charge < -0.3 is 14.6 Å². The fourth-order valence-electron chi connectivity index (χ4n) is 3.10. The smallest absolute Gasteiger partial charge is 0.311 e. The standard InChI is InChI=1S/C13H23NO4/c1-10-11(3-6-18-10)14(2)9-13(12(15)16)4-7-17-8-5-13/h10-11H,3-9H2,1-2H3,(H,15,16). The van der Waals surface area contributed by atoms with Crippen LogP contribution >= 0.6 is 0 Å². The highest BCUT2D eigenvalue weighted by Crippen LogP contribution is 2.33. The molecule has 2 aliphatic heterocycles. The number of hydrogen-bond acceptors (Lipinski definition) is 4. The van der Waals surface area contributed by atoms with E-state index < -0.39 is 11.4 Å². The van der Waals surface area contributed by atoms with Gasteiger partial charge >= 0.3 is 5.97 Å². The van der Waals surface area contributed by atoms with E-state index in [1.54, 1.807) is 0 Å². The maximum absolute atomic E-state index is 11.6. The number of carboxylic acids is 1. The van der Waals surface area contributed by atoms with Crippen molar-refractivity contribution in [2.75, 3.05) is 33.4 Å². The van der Waals surface area contributed by atoms with E-state index >= 15 is 0 Å². The second-order valence-corrected chi connectivity index (χ2v) is 5.54. The van der Waals surface area contributed by atoms with E-state index in [4.69, 9.17) is 9.47 Å². The normalized spacial score (nSPS) is 31.7. The molecule has 2 atom stereocenters. The van der Waals surface area contributed by atoms with Crippen molar-refractivity contribution >= 4 is 5.97 Å². The van der Waals surface area contributed by atoms with Gasteiger partial charge in [0.15, 0.2) is 0 Å². The van der Waals surface area contributed by atoms with Crippen LogP contribution in [-0.4, -0.2) is 61.5 Å². The molecular formula is C13H23NO4. The minimum Gasteiger partial charge on any atom is -0.481 e. The molecule has 5 heteroatoms. The molecule has 0 aromatic carbocycles. The van der Waals surface area contributed by atoms with Crippen molar-refractivity contribution < 1.29 is 19.4 Å². The third kappa shape index (κ3) is 2.68. The van der Waals surface area contributed by atoms with Crippen LogP contribution in [0, 0.1) is 5.41 Å². The van der Waals surface area contributed by atoms with Gasteiger partial charge in [0.05, 0.1) is 11.5 Å². The average molecular weight is 257 g/mol. The lowest BCUT2D eigenvalue weighted by Gasteiger charge is -2.38. The van der Waals surface area contributed by atoms with Crippen LogP contribution < -0.4 is 0 Å². The summed E-state index contributed by atoms with van der Waals surface area (Å²) in [6, 6.07) is 0.337. The second-order valence-electron chi connectivity index (χ2n) is 5.54. The molecule has 2 heterocycles. The average Bonchev–Trinajstić information content (AvgIpc) is 2.76. The summed E-state index contributed by atoms with van der Waals surface area (Å²) in [6.07, 6.45) is 2.40. The lowest BCUT2D eigenvalue weighted by Crippen LogP contribution is -2.49. The van der Waals surface area contributed by atoms with Gasteiger partial charge in [-0.15, -0.1) is 0 Å². The van der Waals surface area contributed by atoms with Crippen molar-refractivity contribution in [1.82, 2.24) is 4.90 Å². The molecule has 2 saturated heterocycles. The number of carbonyl (C=O) groups is 1. The fourth-order valence-corrected chi connectivity index (χ4v) is 3.10. The van der Waals surface area contributed by atoms with Crippen molar-refractivity contribution in [3.63, 3.8) is 0 Å². The van der Waals surface area contributed by atoms with Gasteiger partial charge in [0, 0.05) is 32.4 Å². The summed E-state index contributed by atoms with van der Waals surface area (Å²) in [5.74, 6) is -0.691. The third-order valence-corrected chi connectivity index (χ3v) is 4.36. The summed E-state index contributed by atoms with van der Waals surface area (Å²) in [5, 5.41) is 9.53. The molecule has 0 aromatic rings. The Morgan fingerprint density at radius 2 is 2.06 bits per heavy atom. The van der Waals surface area contributed by atoms with Gasteiger partial charge in [0.25, 0.3) is 0 Å². The molecule has 18 heavy (non-hydrogen) atoms. The molecule has 0 saturated carbocycles. The Bertz CT molecular complexity index is 301. The maximum atomic E-state index is 11.6. The lowest BCUT2D eigenvalue weighted by molar-refractivity contribution is -0.157. The third-order valence-electron chi connectivity index (χ3n) is 4.36.